The molecule has 16 heavy (non-hydrogen) atoms. The molecule has 4 nitrogen and oxygen atoms in total. The molecule has 0 fully saturated rings. The van der Waals surface area contributed by atoms with E-state index in [1.165, 1.54) is 0 Å². The number of hydrogen-bond acceptors (Lipinski definition) is 3. The number of fused-ring (bicyclic) bond motifs is 1. The molecule has 1 aliphatic rings. The third kappa shape index (κ3) is 1.59. The Bertz CT molecular complexity index is 538. The van der Waals surface area contributed by atoms with E-state index in [1.807, 2.05) is 6.07 Å². The zero-order valence-electron chi connectivity index (χ0n) is 8.36. The first-order valence-electron chi connectivity index (χ1n) is 4.76. The molecule has 0 bridgehead atoms. The number of allylic oxidation sites excluding steroid dienone is 1. The smallest absolute Gasteiger partial charge is 0.296 e. The molecule has 1 aliphatic heterocycles. The highest BCUT2D eigenvalue weighted by Crippen LogP contribution is 2.27. The molecule has 1 amide bonds. The van der Waals surface area contributed by atoms with Gasteiger partial charge in [-0.25, -0.2) is 0 Å². The molecule has 0 spiro atoms. The first-order valence-corrected chi connectivity index (χ1v) is 4.76. The Labute approximate surface area is 92.2 Å². The number of rotatable bonds is 2. The second-order valence-corrected chi connectivity index (χ2v) is 3.32. The van der Waals surface area contributed by atoms with E-state index in [4.69, 9.17) is 5.26 Å². The molecule has 4 heteroatoms. The summed E-state index contributed by atoms with van der Waals surface area (Å²) >= 11 is 0. The van der Waals surface area contributed by atoms with Crippen LogP contribution in [-0.4, -0.2) is 11.7 Å². The number of anilines is 1. The molecule has 0 aromatic heterocycles. The monoisotopic (exact) mass is 212 g/mol. The first kappa shape index (κ1) is 10.1. The lowest BCUT2D eigenvalue weighted by Gasteiger charge is -2.01. The summed E-state index contributed by atoms with van der Waals surface area (Å²) in [4.78, 5) is 22.6. The van der Waals surface area contributed by atoms with Crippen molar-refractivity contribution in [1.29, 1.82) is 5.26 Å². The second kappa shape index (κ2) is 3.99. The normalized spacial score (nSPS) is 13.7. The average Bonchev–Trinajstić information content (AvgIpc) is 2.57. The van der Waals surface area contributed by atoms with Gasteiger partial charge >= 0.3 is 0 Å². The van der Waals surface area contributed by atoms with E-state index in [-0.39, 0.29) is 0 Å². The van der Waals surface area contributed by atoms with E-state index in [2.05, 4.69) is 5.32 Å². The van der Waals surface area contributed by atoms with Crippen LogP contribution in [0.3, 0.4) is 0 Å². The number of nitrogens with zero attached hydrogens (tertiary/aromatic N) is 1. The summed E-state index contributed by atoms with van der Waals surface area (Å²) in [6.07, 6.45) is 3.71. The van der Waals surface area contributed by atoms with Crippen LogP contribution < -0.4 is 5.32 Å². The van der Waals surface area contributed by atoms with Gasteiger partial charge in [0.1, 0.15) is 0 Å². The highest BCUT2D eigenvalue weighted by atomic mass is 16.2. The van der Waals surface area contributed by atoms with Crippen molar-refractivity contribution in [3.05, 3.63) is 35.4 Å². The maximum Gasteiger partial charge on any atom is 0.296 e. The van der Waals surface area contributed by atoms with Crippen LogP contribution >= 0.6 is 0 Å². The van der Waals surface area contributed by atoms with E-state index in [9.17, 15) is 9.59 Å². The molecular formula is C12H8N2O2. The molecule has 78 valence electrons. The minimum Gasteiger partial charge on any atom is -0.318 e. The fraction of sp³-hybridized carbons (Fsp3) is 0.0833. The highest BCUT2D eigenvalue weighted by molar-refractivity contribution is 6.52. The zero-order valence-corrected chi connectivity index (χ0v) is 8.36. The number of carbonyl (C=O) groups is 2. The minimum absolute atomic E-state index is 0.297. The molecule has 0 atom stereocenters. The third-order valence-corrected chi connectivity index (χ3v) is 2.29. The van der Waals surface area contributed by atoms with E-state index < -0.39 is 11.7 Å². The van der Waals surface area contributed by atoms with E-state index in [0.29, 0.717) is 17.7 Å². The fourth-order valence-electron chi connectivity index (χ4n) is 1.57. The van der Waals surface area contributed by atoms with Crippen LogP contribution in [0.5, 0.6) is 0 Å². The Kier molecular flexibility index (Phi) is 2.52. The molecule has 0 saturated heterocycles. The van der Waals surface area contributed by atoms with Crippen molar-refractivity contribution in [3.63, 3.8) is 0 Å². The van der Waals surface area contributed by atoms with Gasteiger partial charge in [-0.15, -0.1) is 0 Å². The summed E-state index contributed by atoms with van der Waals surface area (Å²) in [6, 6.07) is 7.09. The van der Waals surface area contributed by atoms with Crippen molar-refractivity contribution in [2.45, 2.75) is 6.42 Å². The Hall–Kier alpha value is -2.41. The molecule has 2 rings (SSSR count). The van der Waals surface area contributed by atoms with Crippen LogP contribution in [-0.2, 0) is 4.79 Å². The van der Waals surface area contributed by atoms with Crippen LogP contribution in [0.15, 0.2) is 24.3 Å². The van der Waals surface area contributed by atoms with Gasteiger partial charge in [0, 0.05) is 0 Å². The van der Waals surface area contributed by atoms with Crippen LogP contribution in [0.1, 0.15) is 22.3 Å². The van der Waals surface area contributed by atoms with Crippen molar-refractivity contribution in [2.75, 3.05) is 5.32 Å². The Balaban J connectivity index is 2.41. The lowest BCUT2D eigenvalue weighted by molar-refractivity contribution is -0.112. The number of para-hydroxylation sites is 1. The number of carbonyl (C=O) groups excluding carboxylic acids is 2. The number of amides is 1. The number of hydrogen-bond donors (Lipinski definition) is 1. The largest absolute Gasteiger partial charge is 0.318 e. The maximum absolute atomic E-state index is 11.4. The minimum atomic E-state index is -0.601. The Morgan fingerprint density at radius 1 is 1.38 bits per heavy atom. The lowest BCUT2D eigenvalue weighted by Crippen LogP contribution is -2.12. The van der Waals surface area contributed by atoms with Gasteiger partial charge < -0.3 is 5.32 Å². The van der Waals surface area contributed by atoms with Crippen LogP contribution in [0.4, 0.5) is 5.69 Å². The van der Waals surface area contributed by atoms with Gasteiger partial charge in [0.05, 0.1) is 23.7 Å². The van der Waals surface area contributed by atoms with Gasteiger partial charge in [-0.1, -0.05) is 24.3 Å². The number of nitriles is 1. The van der Waals surface area contributed by atoms with Crippen molar-refractivity contribution in [3.8, 4) is 6.07 Å². The predicted molar refractivity (Wildman–Crippen MR) is 58.7 cm³/mol. The van der Waals surface area contributed by atoms with Crippen molar-refractivity contribution in [2.24, 2.45) is 0 Å². The summed E-state index contributed by atoms with van der Waals surface area (Å²) in [5, 5.41) is 10.9. The molecule has 0 radical (unpaired) electrons. The van der Waals surface area contributed by atoms with Gasteiger partial charge in [0.2, 0.25) is 0 Å². The number of benzene rings is 1. The molecule has 0 unspecified atom stereocenters. The quantitative estimate of drug-likeness (QED) is 0.759. The molecule has 0 aliphatic carbocycles. The SMILES string of the molecule is N#CCC=Cc1cccc2c1NC(=O)C2=O. The highest BCUT2D eigenvalue weighted by Gasteiger charge is 2.28. The van der Waals surface area contributed by atoms with Gasteiger partial charge in [-0.3, -0.25) is 9.59 Å². The van der Waals surface area contributed by atoms with E-state index in [1.54, 1.807) is 30.4 Å². The van der Waals surface area contributed by atoms with Crippen LogP contribution in [0.25, 0.3) is 6.08 Å². The number of nitrogens with one attached hydrogen (secondary N) is 1. The molecular weight excluding hydrogens is 204 g/mol. The Morgan fingerprint density at radius 2 is 2.19 bits per heavy atom. The van der Waals surface area contributed by atoms with E-state index in [0.717, 1.165) is 5.56 Å². The molecule has 1 N–H and O–H groups in total. The predicted octanol–water partition coefficient (Wildman–Crippen LogP) is 1.75. The van der Waals surface area contributed by atoms with Crippen molar-refractivity contribution in [1.82, 2.24) is 0 Å². The first-order chi connectivity index (χ1) is 7.74. The number of Topliss-reactive ketones (excluding diaryl/α,β-unsaturated/α-hetero) is 1. The van der Waals surface area contributed by atoms with Crippen molar-refractivity contribution >= 4 is 23.5 Å². The van der Waals surface area contributed by atoms with Gasteiger partial charge in [-0.05, 0) is 11.6 Å². The Morgan fingerprint density at radius 3 is 2.94 bits per heavy atom. The summed E-state index contributed by atoms with van der Waals surface area (Å²) in [5.41, 5.74) is 1.67. The van der Waals surface area contributed by atoms with Crippen LogP contribution in [0, 0.1) is 11.3 Å². The standard InChI is InChI=1S/C12H8N2O2/c13-7-2-1-4-8-5-3-6-9-10(8)14-12(16)11(9)15/h1,3-6H,2H2,(H,14,15,16). The lowest BCUT2D eigenvalue weighted by atomic mass is 10.1. The second-order valence-electron chi connectivity index (χ2n) is 3.32. The summed E-state index contributed by atoms with van der Waals surface area (Å²) in [6.45, 7) is 0. The summed E-state index contributed by atoms with van der Waals surface area (Å²) in [7, 11) is 0. The molecule has 1 heterocycles. The van der Waals surface area contributed by atoms with Crippen molar-refractivity contribution < 1.29 is 9.59 Å². The fourth-order valence-corrected chi connectivity index (χ4v) is 1.57. The van der Waals surface area contributed by atoms with Gasteiger partial charge in [0.15, 0.2) is 0 Å². The number of ketones is 1. The van der Waals surface area contributed by atoms with Gasteiger partial charge in [0.25, 0.3) is 11.7 Å². The van der Waals surface area contributed by atoms with Gasteiger partial charge in [-0.2, -0.15) is 5.26 Å². The molecule has 0 saturated carbocycles. The summed E-state index contributed by atoms with van der Waals surface area (Å²) in [5.74, 6) is -1.11. The molecule has 1 aromatic carbocycles. The van der Waals surface area contributed by atoms with Crippen LogP contribution in [0.2, 0.25) is 0 Å². The topological polar surface area (TPSA) is 70.0 Å². The molecule has 1 aromatic rings. The zero-order chi connectivity index (χ0) is 11.5. The van der Waals surface area contributed by atoms with E-state index >= 15 is 0 Å². The summed E-state index contributed by atoms with van der Waals surface area (Å²) < 4.78 is 0. The third-order valence-electron chi connectivity index (χ3n) is 2.29. The maximum atomic E-state index is 11.4. The average molecular weight is 212 g/mol.